The van der Waals surface area contributed by atoms with Gasteiger partial charge in [0.15, 0.2) is 0 Å². The molecule has 20 heavy (non-hydrogen) atoms. The van der Waals surface area contributed by atoms with Crippen molar-refractivity contribution in [1.29, 1.82) is 0 Å². The summed E-state index contributed by atoms with van der Waals surface area (Å²) in [5.74, 6) is -0.335. The Balaban J connectivity index is 2.35. The summed E-state index contributed by atoms with van der Waals surface area (Å²) in [6, 6.07) is 1.08. The first-order valence-electron chi connectivity index (χ1n) is 6.65. The molecule has 1 fully saturated rings. The maximum atomic E-state index is 11.3. The van der Waals surface area contributed by atoms with Gasteiger partial charge in [-0.2, -0.15) is 0 Å². The van der Waals surface area contributed by atoms with Crippen LogP contribution in [0.25, 0.3) is 0 Å². The smallest absolute Gasteiger partial charge is 0.339 e. The first kappa shape index (κ1) is 14.2. The van der Waals surface area contributed by atoms with Crippen molar-refractivity contribution in [2.75, 3.05) is 18.0 Å². The van der Waals surface area contributed by atoms with E-state index in [-0.39, 0.29) is 11.3 Å². The van der Waals surface area contributed by atoms with Gasteiger partial charge in [-0.05, 0) is 18.8 Å². The third-order valence-electron chi connectivity index (χ3n) is 3.69. The van der Waals surface area contributed by atoms with Gasteiger partial charge in [0.25, 0.3) is 5.69 Å². The molecule has 0 aromatic carbocycles. The fourth-order valence-electron chi connectivity index (χ4n) is 2.55. The molecule has 2 rings (SSSR count). The molecule has 1 aromatic heterocycles. The number of hydrogen-bond acceptors (Lipinski definition) is 5. The number of aromatic carboxylic acids is 1. The number of anilines is 1. The number of rotatable bonds is 4. The van der Waals surface area contributed by atoms with E-state index >= 15 is 0 Å². The molecule has 1 saturated heterocycles. The van der Waals surface area contributed by atoms with Gasteiger partial charge in [-0.25, -0.2) is 9.78 Å². The third-order valence-corrected chi connectivity index (χ3v) is 3.69. The highest BCUT2D eigenvalue weighted by atomic mass is 16.6. The molecule has 0 aliphatic carbocycles. The Labute approximate surface area is 116 Å². The number of nitrogens with zero attached hydrogens (tertiary/aromatic N) is 3. The molecule has 0 saturated carbocycles. The Hall–Kier alpha value is -2.18. The predicted molar refractivity (Wildman–Crippen MR) is 73.1 cm³/mol. The summed E-state index contributed by atoms with van der Waals surface area (Å²) in [6.45, 7) is 3.60. The van der Waals surface area contributed by atoms with Crippen LogP contribution in [0.5, 0.6) is 0 Å². The standard InChI is InChI=1S/C13H17N3O4/c1-2-9-4-3-5-15(8-9)12-11(13(17)18)6-10(7-14-12)16(19)20/h6-7,9H,2-5,8H2,1H3,(H,17,18). The zero-order chi connectivity index (χ0) is 14.7. The van der Waals surface area contributed by atoms with E-state index in [4.69, 9.17) is 0 Å². The lowest BCUT2D eigenvalue weighted by Gasteiger charge is -2.33. The van der Waals surface area contributed by atoms with Gasteiger partial charge in [0, 0.05) is 19.2 Å². The summed E-state index contributed by atoms with van der Waals surface area (Å²) in [6.07, 6.45) is 4.27. The molecule has 7 heteroatoms. The van der Waals surface area contributed by atoms with E-state index in [9.17, 15) is 20.0 Å². The fourth-order valence-corrected chi connectivity index (χ4v) is 2.55. The van der Waals surface area contributed by atoms with E-state index < -0.39 is 10.9 Å². The minimum Gasteiger partial charge on any atom is -0.478 e. The maximum Gasteiger partial charge on any atom is 0.339 e. The topological polar surface area (TPSA) is 96.6 Å². The van der Waals surface area contributed by atoms with Gasteiger partial charge in [0.05, 0.1) is 4.92 Å². The molecule has 1 atom stereocenters. The number of carboxylic acid groups (broad SMARTS) is 1. The van der Waals surface area contributed by atoms with Crippen LogP contribution in [0.3, 0.4) is 0 Å². The minimum absolute atomic E-state index is 0.101. The summed E-state index contributed by atoms with van der Waals surface area (Å²) in [5, 5.41) is 20.0. The normalized spacial score (nSPS) is 18.9. The fraction of sp³-hybridized carbons (Fsp3) is 0.538. The van der Waals surface area contributed by atoms with Crippen molar-refractivity contribution < 1.29 is 14.8 Å². The van der Waals surface area contributed by atoms with Gasteiger partial charge in [-0.1, -0.05) is 13.3 Å². The molecule has 0 radical (unpaired) electrons. The zero-order valence-corrected chi connectivity index (χ0v) is 11.3. The summed E-state index contributed by atoms with van der Waals surface area (Å²) < 4.78 is 0. The lowest BCUT2D eigenvalue weighted by molar-refractivity contribution is -0.385. The monoisotopic (exact) mass is 279 g/mol. The summed E-state index contributed by atoms with van der Waals surface area (Å²) in [4.78, 5) is 27.3. The Morgan fingerprint density at radius 3 is 3.00 bits per heavy atom. The van der Waals surface area contributed by atoms with Crippen molar-refractivity contribution >= 4 is 17.5 Å². The molecule has 1 aliphatic heterocycles. The summed E-state index contributed by atoms with van der Waals surface area (Å²) in [7, 11) is 0. The van der Waals surface area contributed by atoms with Gasteiger partial charge in [-0.15, -0.1) is 0 Å². The minimum atomic E-state index is -1.19. The molecule has 1 aromatic rings. The quantitative estimate of drug-likeness (QED) is 0.671. The number of nitro groups is 1. The lowest BCUT2D eigenvalue weighted by Crippen LogP contribution is -2.36. The maximum absolute atomic E-state index is 11.3. The van der Waals surface area contributed by atoms with Crippen LogP contribution in [-0.4, -0.2) is 34.1 Å². The highest BCUT2D eigenvalue weighted by molar-refractivity contribution is 5.94. The van der Waals surface area contributed by atoms with Crippen molar-refractivity contribution in [2.24, 2.45) is 5.92 Å². The first-order valence-corrected chi connectivity index (χ1v) is 6.65. The molecule has 0 bridgehead atoms. The Morgan fingerprint density at radius 1 is 1.65 bits per heavy atom. The zero-order valence-electron chi connectivity index (χ0n) is 11.3. The van der Waals surface area contributed by atoms with E-state index in [1.54, 1.807) is 0 Å². The van der Waals surface area contributed by atoms with Crippen LogP contribution in [-0.2, 0) is 0 Å². The van der Waals surface area contributed by atoms with E-state index in [1.165, 1.54) is 0 Å². The second kappa shape index (κ2) is 5.85. The van der Waals surface area contributed by atoms with E-state index in [0.29, 0.717) is 11.7 Å². The van der Waals surface area contributed by atoms with Gasteiger partial charge in [0.1, 0.15) is 17.6 Å². The molecule has 0 spiro atoms. The summed E-state index contributed by atoms with van der Waals surface area (Å²) >= 11 is 0. The number of piperidine rings is 1. The van der Waals surface area contributed by atoms with Gasteiger partial charge >= 0.3 is 5.97 Å². The second-order valence-corrected chi connectivity index (χ2v) is 4.99. The van der Waals surface area contributed by atoms with E-state index in [1.807, 2.05) is 4.90 Å². The van der Waals surface area contributed by atoms with Crippen molar-refractivity contribution in [3.63, 3.8) is 0 Å². The first-order chi connectivity index (χ1) is 9.52. The Kier molecular flexibility index (Phi) is 4.16. The SMILES string of the molecule is CCC1CCCN(c2ncc([N+](=O)[O-])cc2C(=O)O)C1. The van der Waals surface area contributed by atoms with Gasteiger partial charge in [-0.3, -0.25) is 10.1 Å². The van der Waals surface area contributed by atoms with E-state index in [0.717, 1.165) is 44.6 Å². The molecule has 2 heterocycles. The Bertz CT molecular complexity index is 532. The average molecular weight is 279 g/mol. The third kappa shape index (κ3) is 2.87. The van der Waals surface area contributed by atoms with Crippen molar-refractivity contribution in [3.8, 4) is 0 Å². The molecule has 0 amide bonds. The predicted octanol–water partition coefficient (Wildman–Crippen LogP) is 2.31. The summed E-state index contributed by atoms with van der Waals surface area (Å²) in [5.41, 5.74) is -0.397. The second-order valence-electron chi connectivity index (χ2n) is 4.99. The van der Waals surface area contributed by atoms with Gasteiger partial charge < -0.3 is 10.0 Å². The van der Waals surface area contributed by atoms with Crippen LogP contribution in [0, 0.1) is 16.0 Å². The van der Waals surface area contributed by atoms with Crippen LogP contribution >= 0.6 is 0 Å². The number of carboxylic acids is 1. The van der Waals surface area contributed by atoms with Crippen molar-refractivity contribution in [3.05, 3.63) is 27.9 Å². The van der Waals surface area contributed by atoms with Gasteiger partial charge in [0.2, 0.25) is 0 Å². The number of pyridine rings is 1. The molecular formula is C13H17N3O4. The number of carbonyl (C=O) groups is 1. The van der Waals surface area contributed by atoms with Crippen molar-refractivity contribution in [1.82, 2.24) is 4.98 Å². The molecule has 1 aliphatic rings. The van der Waals surface area contributed by atoms with Crippen LogP contribution in [0.15, 0.2) is 12.3 Å². The molecule has 1 unspecified atom stereocenters. The largest absolute Gasteiger partial charge is 0.478 e. The number of aromatic nitrogens is 1. The highest BCUT2D eigenvalue weighted by Crippen LogP contribution is 2.28. The van der Waals surface area contributed by atoms with E-state index in [2.05, 4.69) is 11.9 Å². The van der Waals surface area contributed by atoms with Crippen LogP contribution in [0.2, 0.25) is 0 Å². The molecule has 7 nitrogen and oxygen atoms in total. The lowest BCUT2D eigenvalue weighted by atomic mass is 9.95. The molecule has 108 valence electrons. The van der Waals surface area contributed by atoms with Crippen LogP contribution in [0.1, 0.15) is 36.5 Å². The number of hydrogen-bond donors (Lipinski definition) is 1. The average Bonchev–Trinajstić information content (AvgIpc) is 2.46. The highest BCUT2D eigenvalue weighted by Gasteiger charge is 2.25. The van der Waals surface area contributed by atoms with Crippen LogP contribution in [0.4, 0.5) is 11.5 Å². The Morgan fingerprint density at radius 2 is 2.40 bits per heavy atom. The molecule has 1 N–H and O–H groups in total. The molecular weight excluding hydrogens is 262 g/mol. The van der Waals surface area contributed by atoms with Crippen molar-refractivity contribution in [2.45, 2.75) is 26.2 Å². The van der Waals surface area contributed by atoms with Crippen LogP contribution < -0.4 is 4.90 Å².